The van der Waals surface area contributed by atoms with E-state index in [0.29, 0.717) is 6.04 Å². The topological polar surface area (TPSA) is 37.4 Å². The fraction of sp³-hybridized carbons (Fsp3) is 0.591. The maximum Gasteiger partial charge on any atom is 0.183 e. The summed E-state index contributed by atoms with van der Waals surface area (Å²) >= 11 is 1.78. The lowest BCUT2D eigenvalue weighted by Gasteiger charge is -2.27. The number of aromatic nitrogens is 1. The summed E-state index contributed by atoms with van der Waals surface area (Å²) in [6.07, 6.45) is 7.12. The Morgan fingerprint density at radius 2 is 1.81 bits per heavy atom. The highest BCUT2D eigenvalue weighted by molar-refractivity contribution is 7.18. The molecular weight excluding hydrogens is 354 g/mol. The van der Waals surface area contributed by atoms with Gasteiger partial charge in [0.25, 0.3) is 0 Å². The first-order chi connectivity index (χ1) is 13.3. The third kappa shape index (κ3) is 4.05. The predicted octanol–water partition coefficient (Wildman–Crippen LogP) is 4.36. The van der Waals surface area contributed by atoms with Crippen molar-refractivity contribution in [2.75, 3.05) is 38.2 Å². The van der Waals surface area contributed by atoms with Crippen molar-refractivity contribution in [2.24, 2.45) is 17.8 Å². The largest absolute Gasteiger partial charge is 0.381 e. The number of benzene rings is 1. The molecule has 1 N–H and O–H groups in total. The number of likely N-dealkylation sites (tertiary alicyclic amines) is 1. The van der Waals surface area contributed by atoms with Crippen LogP contribution >= 0.6 is 11.3 Å². The Morgan fingerprint density at radius 1 is 1.07 bits per heavy atom. The van der Waals surface area contributed by atoms with Crippen molar-refractivity contribution in [3.63, 3.8) is 0 Å². The molecule has 2 unspecified atom stereocenters. The summed E-state index contributed by atoms with van der Waals surface area (Å²) in [7, 11) is 0. The summed E-state index contributed by atoms with van der Waals surface area (Å²) in [5.41, 5.74) is 1.26. The molecule has 3 fully saturated rings. The van der Waals surface area contributed by atoms with Gasteiger partial charge in [0.2, 0.25) is 0 Å². The number of anilines is 1. The number of rotatable bonds is 5. The molecule has 1 aliphatic carbocycles. The Kier molecular flexibility index (Phi) is 5.16. The van der Waals surface area contributed by atoms with Crippen LogP contribution in [0.3, 0.4) is 0 Å². The second kappa shape index (κ2) is 7.90. The van der Waals surface area contributed by atoms with Gasteiger partial charge in [-0.25, -0.2) is 4.98 Å². The molecule has 2 saturated heterocycles. The Bertz CT molecular complexity index is 729. The Labute approximate surface area is 165 Å². The van der Waals surface area contributed by atoms with Crippen LogP contribution < -0.4 is 5.32 Å². The van der Waals surface area contributed by atoms with E-state index in [1.54, 1.807) is 11.3 Å². The van der Waals surface area contributed by atoms with Gasteiger partial charge in [-0.05, 0) is 49.0 Å². The third-order valence-corrected chi connectivity index (χ3v) is 7.55. The number of hydrogen-bond donors (Lipinski definition) is 1. The van der Waals surface area contributed by atoms with Crippen molar-refractivity contribution >= 4 is 16.5 Å². The molecule has 2 aliphatic heterocycles. The second-order valence-corrected chi connectivity index (χ2v) is 9.53. The first-order valence-corrected chi connectivity index (χ1v) is 11.2. The molecule has 1 aromatic heterocycles. The zero-order chi connectivity index (χ0) is 18.1. The lowest BCUT2D eigenvalue weighted by Crippen LogP contribution is -2.32. The zero-order valence-electron chi connectivity index (χ0n) is 15.8. The molecule has 4 nitrogen and oxygen atoms in total. The minimum Gasteiger partial charge on any atom is -0.381 e. The van der Waals surface area contributed by atoms with Crippen molar-refractivity contribution < 1.29 is 4.74 Å². The monoisotopic (exact) mass is 383 g/mol. The quantitative estimate of drug-likeness (QED) is 0.832. The molecule has 0 amide bonds. The van der Waals surface area contributed by atoms with E-state index in [4.69, 9.17) is 4.74 Å². The van der Waals surface area contributed by atoms with Gasteiger partial charge in [-0.15, -0.1) is 0 Å². The molecule has 2 aromatic rings. The molecule has 0 bridgehead atoms. The van der Waals surface area contributed by atoms with Gasteiger partial charge in [-0.1, -0.05) is 41.7 Å². The van der Waals surface area contributed by atoms with E-state index in [2.05, 4.69) is 45.5 Å². The van der Waals surface area contributed by atoms with E-state index in [1.165, 1.54) is 55.8 Å². The van der Waals surface area contributed by atoms with Crippen molar-refractivity contribution in [2.45, 2.75) is 31.7 Å². The fourth-order valence-electron chi connectivity index (χ4n) is 5.21. The van der Waals surface area contributed by atoms with Crippen molar-refractivity contribution in [1.29, 1.82) is 0 Å². The van der Waals surface area contributed by atoms with Gasteiger partial charge in [0.05, 0.1) is 4.88 Å². The SMILES string of the molecule is c1ccc(-c2cnc(NC3CC4CN(CC5CCOCC5)C[C@H]4C3)s2)cc1. The van der Waals surface area contributed by atoms with Gasteiger partial charge in [0.1, 0.15) is 0 Å². The zero-order valence-corrected chi connectivity index (χ0v) is 16.7. The van der Waals surface area contributed by atoms with Gasteiger partial charge < -0.3 is 15.0 Å². The van der Waals surface area contributed by atoms with Crippen molar-refractivity contribution in [3.8, 4) is 10.4 Å². The number of ether oxygens (including phenoxy) is 1. The first-order valence-electron chi connectivity index (χ1n) is 10.4. The van der Waals surface area contributed by atoms with Crippen LogP contribution in [-0.4, -0.2) is 48.8 Å². The molecule has 3 heterocycles. The maximum atomic E-state index is 5.51. The molecule has 3 aliphatic rings. The van der Waals surface area contributed by atoms with Crippen LogP contribution in [-0.2, 0) is 4.74 Å². The second-order valence-electron chi connectivity index (χ2n) is 8.50. The van der Waals surface area contributed by atoms with E-state index < -0.39 is 0 Å². The number of thiazole rings is 1. The molecular formula is C22H29N3OS. The highest BCUT2D eigenvalue weighted by Crippen LogP contribution is 2.40. The molecule has 0 spiro atoms. The Morgan fingerprint density at radius 3 is 2.56 bits per heavy atom. The molecule has 5 heteroatoms. The average molecular weight is 384 g/mol. The lowest BCUT2D eigenvalue weighted by molar-refractivity contribution is 0.0545. The highest BCUT2D eigenvalue weighted by Gasteiger charge is 2.41. The number of hydrogen-bond acceptors (Lipinski definition) is 5. The normalized spacial score (nSPS) is 29.1. The van der Waals surface area contributed by atoms with Crippen LogP contribution in [0.25, 0.3) is 10.4 Å². The minimum atomic E-state index is 0.597. The van der Waals surface area contributed by atoms with E-state index in [1.807, 2.05) is 6.20 Å². The van der Waals surface area contributed by atoms with Crippen LogP contribution in [0.15, 0.2) is 36.5 Å². The number of nitrogens with one attached hydrogen (secondary N) is 1. The lowest BCUT2D eigenvalue weighted by atomic mass is 10.00. The van der Waals surface area contributed by atoms with Gasteiger partial charge in [0, 0.05) is 45.1 Å². The van der Waals surface area contributed by atoms with Crippen molar-refractivity contribution in [3.05, 3.63) is 36.5 Å². The molecule has 0 radical (unpaired) electrons. The van der Waals surface area contributed by atoms with Gasteiger partial charge >= 0.3 is 0 Å². The van der Waals surface area contributed by atoms with Gasteiger partial charge in [0.15, 0.2) is 5.13 Å². The Hall–Kier alpha value is -1.43. The summed E-state index contributed by atoms with van der Waals surface area (Å²) in [4.78, 5) is 8.61. The van der Waals surface area contributed by atoms with Gasteiger partial charge in [-0.2, -0.15) is 0 Å². The van der Waals surface area contributed by atoms with Crippen LogP contribution in [0.5, 0.6) is 0 Å². The predicted molar refractivity (Wildman–Crippen MR) is 111 cm³/mol. The van der Waals surface area contributed by atoms with Crippen LogP contribution in [0.4, 0.5) is 5.13 Å². The van der Waals surface area contributed by atoms with E-state index in [-0.39, 0.29) is 0 Å². The molecule has 27 heavy (non-hydrogen) atoms. The summed E-state index contributed by atoms with van der Waals surface area (Å²) in [6.45, 7) is 5.83. The standard InChI is InChI=1S/C22H29N3OS/c1-2-4-17(5-3-1)21-12-23-22(27-21)24-20-10-18-14-25(15-19(18)11-20)13-16-6-8-26-9-7-16/h1-5,12,16,18-20H,6-11,13-15H2,(H,23,24)/t18-,19?,20?/m1/s1. The summed E-state index contributed by atoms with van der Waals surface area (Å²) in [5, 5.41) is 4.81. The summed E-state index contributed by atoms with van der Waals surface area (Å²) in [5.74, 6) is 2.60. The van der Waals surface area contributed by atoms with E-state index in [0.717, 1.165) is 36.1 Å². The van der Waals surface area contributed by atoms with E-state index in [9.17, 15) is 0 Å². The molecule has 3 atom stereocenters. The van der Waals surface area contributed by atoms with Gasteiger partial charge in [-0.3, -0.25) is 0 Å². The molecule has 144 valence electrons. The van der Waals surface area contributed by atoms with E-state index >= 15 is 0 Å². The molecule has 5 rings (SSSR count). The molecule has 1 saturated carbocycles. The van der Waals surface area contributed by atoms with Crippen LogP contribution in [0.1, 0.15) is 25.7 Å². The number of nitrogens with zero attached hydrogens (tertiary/aromatic N) is 2. The smallest absolute Gasteiger partial charge is 0.183 e. The number of fused-ring (bicyclic) bond motifs is 1. The van der Waals surface area contributed by atoms with Crippen molar-refractivity contribution in [1.82, 2.24) is 9.88 Å². The van der Waals surface area contributed by atoms with Crippen LogP contribution in [0, 0.1) is 17.8 Å². The maximum absolute atomic E-state index is 5.51. The average Bonchev–Trinajstić information content (AvgIpc) is 3.39. The van der Waals surface area contributed by atoms with Crippen LogP contribution in [0.2, 0.25) is 0 Å². The minimum absolute atomic E-state index is 0.597. The first kappa shape index (κ1) is 17.7. The highest BCUT2D eigenvalue weighted by atomic mass is 32.1. The molecule has 1 aromatic carbocycles. The summed E-state index contributed by atoms with van der Waals surface area (Å²) in [6, 6.07) is 11.2. The fourth-order valence-corrected chi connectivity index (χ4v) is 6.11. The third-order valence-electron chi connectivity index (χ3n) is 6.58. The Balaban J connectivity index is 1.13. The summed E-state index contributed by atoms with van der Waals surface area (Å²) < 4.78 is 5.51.